The van der Waals surface area contributed by atoms with Crippen LogP contribution in [0, 0.1) is 0 Å². The second-order valence-electron chi connectivity index (χ2n) is 4.23. The van der Waals surface area contributed by atoms with Gasteiger partial charge in [-0.05, 0) is 17.5 Å². The molecule has 0 radical (unpaired) electrons. The lowest BCUT2D eigenvalue weighted by Crippen LogP contribution is -2.43. The van der Waals surface area contributed by atoms with E-state index >= 15 is 0 Å². The minimum atomic E-state index is 0.707. The highest BCUT2D eigenvalue weighted by molar-refractivity contribution is 6.18. The van der Waals surface area contributed by atoms with E-state index in [0.717, 1.165) is 39.1 Å². The molecule has 1 aromatic carbocycles. The molecule has 0 aromatic heterocycles. The minimum Gasteiger partial charge on any atom is -0.314 e. The summed E-state index contributed by atoms with van der Waals surface area (Å²) < 4.78 is 0. The van der Waals surface area contributed by atoms with Crippen LogP contribution in [0.15, 0.2) is 24.3 Å². The number of nitrogens with one attached hydrogen (secondary N) is 1. The molecule has 1 saturated heterocycles. The molecule has 1 aliphatic rings. The second kappa shape index (κ2) is 6.24. The molecular weight excluding hydrogens is 220 g/mol. The largest absolute Gasteiger partial charge is 0.314 e. The first-order valence-electron chi connectivity index (χ1n) is 5.96. The van der Waals surface area contributed by atoms with Crippen molar-refractivity contribution in [2.24, 2.45) is 0 Å². The summed E-state index contributed by atoms with van der Waals surface area (Å²) in [6.45, 7) is 5.58. The predicted octanol–water partition coefficient (Wildman–Crippen LogP) is 1.87. The van der Waals surface area contributed by atoms with Crippen molar-refractivity contribution in [3.63, 3.8) is 0 Å². The lowest BCUT2D eigenvalue weighted by molar-refractivity contribution is 0.232. The third-order valence-corrected chi connectivity index (χ3v) is 3.27. The summed E-state index contributed by atoms with van der Waals surface area (Å²) in [5.74, 6) is 0.707. The Morgan fingerprint density at radius 3 is 2.50 bits per heavy atom. The van der Waals surface area contributed by atoms with Gasteiger partial charge in [-0.2, -0.15) is 0 Å². The SMILES string of the molecule is ClCCc1ccccc1CN1CCNCC1. The van der Waals surface area contributed by atoms with Gasteiger partial charge in [0.1, 0.15) is 0 Å². The van der Waals surface area contributed by atoms with Gasteiger partial charge >= 0.3 is 0 Å². The molecule has 0 spiro atoms. The summed E-state index contributed by atoms with van der Waals surface area (Å²) >= 11 is 5.83. The first-order chi connectivity index (χ1) is 7.90. The van der Waals surface area contributed by atoms with Crippen molar-refractivity contribution in [1.82, 2.24) is 10.2 Å². The number of nitrogens with zero attached hydrogens (tertiary/aromatic N) is 1. The Labute approximate surface area is 103 Å². The molecule has 0 saturated carbocycles. The van der Waals surface area contributed by atoms with E-state index in [0.29, 0.717) is 5.88 Å². The Morgan fingerprint density at radius 2 is 1.81 bits per heavy atom. The topological polar surface area (TPSA) is 15.3 Å². The molecule has 0 amide bonds. The number of rotatable bonds is 4. The van der Waals surface area contributed by atoms with Gasteiger partial charge in [-0.3, -0.25) is 4.90 Å². The number of hydrogen-bond donors (Lipinski definition) is 1. The van der Waals surface area contributed by atoms with Crippen molar-refractivity contribution in [3.8, 4) is 0 Å². The van der Waals surface area contributed by atoms with Gasteiger partial charge in [0.15, 0.2) is 0 Å². The van der Waals surface area contributed by atoms with E-state index in [-0.39, 0.29) is 0 Å². The van der Waals surface area contributed by atoms with E-state index in [4.69, 9.17) is 11.6 Å². The Morgan fingerprint density at radius 1 is 1.12 bits per heavy atom. The predicted molar refractivity (Wildman–Crippen MR) is 69.0 cm³/mol. The molecule has 1 aliphatic heterocycles. The first-order valence-corrected chi connectivity index (χ1v) is 6.49. The highest BCUT2D eigenvalue weighted by atomic mass is 35.5. The molecule has 0 atom stereocenters. The molecule has 2 rings (SSSR count). The zero-order chi connectivity index (χ0) is 11.2. The molecule has 1 N–H and O–H groups in total. The van der Waals surface area contributed by atoms with Gasteiger partial charge in [0.05, 0.1) is 0 Å². The van der Waals surface area contributed by atoms with E-state index in [1.54, 1.807) is 0 Å². The van der Waals surface area contributed by atoms with Crippen LogP contribution < -0.4 is 5.32 Å². The molecule has 2 nitrogen and oxygen atoms in total. The van der Waals surface area contributed by atoms with Crippen LogP contribution in [0.3, 0.4) is 0 Å². The Hall–Kier alpha value is -0.570. The lowest BCUT2D eigenvalue weighted by Gasteiger charge is -2.28. The average Bonchev–Trinajstić information content (AvgIpc) is 2.33. The van der Waals surface area contributed by atoms with Crippen LogP contribution in [-0.2, 0) is 13.0 Å². The van der Waals surface area contributed by atoms with Crippen LogP contribution >= 0.6 is 11.6 Å². The van der Waals surface area contributed by atoms with Gasteiger partial charge < -0.3 is 5.32 Å². The first kappa shape index (κ1) is 11.9. The van der Waals surface area contributed by atoms with Gasteiger partial charge in [-0.1, -0.05) is 24.3 Å². The van der Waals surface area contributed by atoms with Crippen molar-refractivity contribution in [3.05, 3.63) is 35.4 Å². The summed E-state index contributed by atoms with van der Waals surface area (Å²) in [7, 11) is 0. The maximum atomic E-state index is 5.83. The van der Waals surface area contributed by atoms with Crippen LogP contribution in [-0.4, -0.2) is 37.0 Å². The van der Waals surface area contributed by atoms with E-state index in [2.05, 4.69) is 34.5 Å². The van der Waals surface area contributed by atoms with Crippen molar-refractivity contribution in [1.29, 1.82) is 0 Å². The van der Waals surface area contributed by atoms with Gasteiger partial charge in [0.25, 0.3) is 0 Å². The molecule has 1 aromatic rings. The average molecular weight is 239 g/mol. The standard InChI is InChI=1S/C13H19ClN2/c14-6-5-12-3-1-2-4-13(12)11-16-9-7-15-8-10-16/h1-4,15H,5-11H2. The summed E-state index contributed by atoms with van der Waals surface area (Å²) in [4.78, 5) is 2.50. The number of alkyl halides is 1. The number of halogens is 1. The number of hydrogen-bond acceptors (Lipinski definition) is 2. The van der Waals surface area contributed by atoms with Gasteiger partial charge in [0, 0.05) is 38.6 Å². The van der Waals surface area contributed by atoms with Crippen LogP contribution in [0.1, 0.15) is 11.1 Å². The maximum Gasteiger partial charge on any atom is 0.0264 e. The summed E-state index contributed by atoms with van der Waals surface area (Å²) in [5, 5.41) is 3.38. The lowest BCUT2D eigenvalue weighted by atomic mass is 10.0. The highest BCUT2D eigenvalue weighted by Crippen LogP contribution is 2.13. The number of benzene rings is 1. The summed E-state index contributed by atoms with van der Waals surface area (Å²) in [5.41, 5.74) is 2.83. The van der Waals surface area contributed by atoms with Crippen molar-refractivity contribution >= 4 is 11.6 Å². The Kier molecular flexibility index (Phi) is 4.64. The minimum absolute atomic E-state index is 0.707. The third-order valence-electron chi connectivity index (χ3n) is 3.09. The zero-order valence-electron chi connectivity index (χ0n) is 9.58. The fourth-order valence-corrected chi connectivity index (χ4v) is 2.37. The molecule has 1 heterocycles. The van der Waals surface area contributed by atoms with Crippen LogP contribution in [0.25, 0.3) is 0 Å². The van der Waals surface area contributed by atoms with Gasteiger partial charge in [-0.15, -0.1) is 11.6 Å². The molecule has 16 heavy (non-hydrogen) atoms. The summed E-state index contributed by atoms with van der Waals surface area (Å²) in [6, 6.07) is 8.64. The third kappa shape index (κ3) is 3.21. The van der Waals surface area contributed by atoms with Gasteiger partial charge in [-0.25, -0.2) is 0 Å². The number of piperazine rings is 1. The molecule has 3 heteroatoms. The number of aryl methyl sites for hydroxylation is 1. The monoisotopic (exact) mass is 238 g/mol. The molecule has 0 unspecified atom stereocenters. The maximum absolute atomic E-state index is 5.83. The Balaban J connectivity index is 2.01. The highest BCUT2D eigenvalue weighted by Gasteiger charge is 2.11. The van der Waals surface area contributed by atoms with E-state index in [9.17, 15) is 0 Å². The molecular formula is C13H19ClN2. The van der Waals surface area contributed by atoms with E-state index in [1.807, 2.05) is 0 Å². The Bertz CT molecular complexity index is 321. The quantitative estimate of drug-likeness (QED) is 0.806. The molecule has 0 bridgehead atoms. The molecule has 1 fully saturated rings. The van der Waals surface area contributed by atoms with E-state index < -0.39 is 0 Å². The summed E-state index contributed by atoms with van der Waals surface area (Å²) in [6.07, 6.45) is 0.976. The van der Waals surface area contributed by atoms with Crippen molar-refractivity contribution in [2.75, 3.05) is 32.1 Å². The van der Waals surface area contributed by atoms with Gasteiger partial charge in [0.2, 0.25) is 0 Å². The molecule has 0 aliphatic carbocycles. The fourth-order valence-electron chi connectivity index (χ4n) is 2.17. The second-order valence-corrected chi connectivity index (χ2v) is 4.61. The fraction of sp³-hybridized carbons (Fsp3) is 0.538. The normalized spacial score (nSPS) is 17.6. The van der Waals surface area contributed by atoms with E-state index in [1.165, 1.54) is 11.1 Å². The van der Waals surface area contributed by atoms with Crippen LogP contribution in [0.5, 0.6) is 0 Å². The van der Waals surface area contributed by atoms with Crippen LogP contribution in [0.4, 0.5) is 0 Å². The smallest absolute Gasteiger partial charge is 0.0264 e. The van der Waals surface area contributed by atoms with Crippen LogP contribution in [0.2, 0.25) is 0 Å². The zero-order valence-corrected chi connectivity index (χ0v) is 10.3. The van der Waals surface area contributed by atoms with Crippen molar-refractivity contribution in [2.45, 2.75) is 13.0 Å². The molecule has 88 valence electrons. The van der Waals surface area contributed by atoms with Crippen molar-refractivity contribution < 1.29 is 0 Å².